The largest absolute Gasteiger partial charge is 0.352 e. The predicted molar refractivity (Wildman–Crippen MR) is 74.0 cm³/mol. The van der Waals surface area contributed by atoms with E-state index in [9.17, 15) is 4.79 Å². The first-order valence-electron chi connectivity index (χ1n) is 5.04. The van der Waals surface area contributed by atoms with E-state index in [1.165, 1.54) is 0 Å². The third-order valence-electron chi connectivity index (χ3n) is 2.19. The van der Waals surface area contributed by atoms with E-state index >= 15 is 0 Å². The van der Waals surface area contributed by atoms with Gasteiger partial charge in [-0.3, -0.25) is 9.78 Å². The van der Waals surface area contributed by atoms with Gasteiger partial charge in [0.25, 0.3) is 5.91 Å². The van der Waals surface area contributed by atoms with Crippen LogP contribution in [-0.4, -0.2) is 24.0 Å². The molecule has 0 saturated carbocycles. The van der Waals surface area contributed by atoms with Gasteiger partial charge >= 0.3 is 0 Å². The van der Waals surface area contributed by atoms with Gasteiger partial charge in [0.2, 0.25) is 0 Å². The van der Waals surface area contributed by atoms with Crippen LogP contribution < -0.4 is 11.1 Å². The molecule has 1 heterocycles. The Morgan fingerprint density at radius 2 is 2.12 bits per heavy atom. The van der Waals surface area contributed by atoms with Crippen LogP contribution >= 0.6 is 24.8 Å². The Morgan fingerprint density at radius 3 is 2.59 bits per heavy atom. The lowest BCUT2D eigenvalue weighted by atomic mass is 10.2. The molecule has 0 radical (unpaired) electrons. The molecular formula is C11H19Cl2N3O. The first-order chi connectivity index (χ1) is 7.13. The van der Waals surface area contributed by atoms with Crippen molar-refractivity contribution in [3.63, 3.8) is 0 Å². The van der Waals surface area contributed by atoms with Crippen molar-refractivity contribution in [1.82, 2.24) is 10.3 Å². The van der Waals surface area contributed by atoms with E-state index in [-0.39, 0.29) is 30.7 Å². The average molecular weight is 280 g/mol. The molecule has 0 aliphatic carbocycles. The maximum absolute atomic E-state index is 11.6. The van der Waals surface area contributed by atoms with E-state index in [1.54, 1.807) is 12.3 Å². The van der Waals surface area contributed by atoms with Crippen LogP contribution in [0.5, 0.6) is 0 Å². The summed E-state index contributed by atoms with van der Waals surface area (Å²) in [6.07, 6.45) is 1.58. The second-order valence-corrected chi connectivity index (χ2v) is 3.74. The van der Waals surface area contributed by atoms with E-state index < -0.39 is 0 Å². The number of nitrogens with two attached hydrogens (primary N) is 1. The van der Waals surface area contributed by atoms with Crippen LogP contribution in [0.15, 0.2) is 18.3 Å². The molecule has 1 atom stereocenters. The number of rotatable bonds is 4. The van der Waals surface area contributed by atoms with Crippen molar-refractivity contribution in [3.05, 3.63) is 29.6 Å². The van der Waals surface area contributed by atoms with Gasteiger partial charge in [0.05, 0.1) is 5.56 Å². The summed E-state index contributed by atoms with van der Waals surface area (Å²) in [4.78, 5) is 15.6. The standard InChI is InChI=1S/C11H17N3O.2ClH/c1-8(5-12)6-14-11(15)10-4-3-9(2)13-7-10;;/h3-4,7-8H,5-6,12H2,1-2H3,(H,14,15);2*1H. The molecule has 0 bridgehead atoms. The van der Waals surface area contributed by atoms with E-state index in [2.05, 4.69) is 10.3 Å². The van der Waals surface area contributed by atoms with Gasteiger partial charge in [-0.05, 0) is 31.5 Å². The predicted octanol–water partition coefficient (Wildman–Crippen LogP) is 1.56. The molecule has 0 aliphatic rings. The summed E-state index contributed by atoms with van der Waals surface area (Å²) in [6.45, 7) is 5.06. The van der Waals surface area contributed by atoms with Crippen LogP contribution in [-0.2, 0) is 0 Å². The summed E-state index contributed by atoms with van der Waals surface area (Å²) in [7, 11) is 0. The van der Waals surface area contributed by atoms with Crippen molar-refractivity contribution >= 4 is 30.7 Å². The lowest BCUT2D eigenvalue weighted by molar-refractivity contribution is 0.0948. The third kappa shape index (κ3) is 6.46. The fraction of sp³-hybridized carbons (Fsp3) is 0.455. The molecule has 0 aromatic carbocycles. The maximum Gasteiger partial charge on any atom is 0.252 e. The average Bonchev–Trinajstić information content (AvgIpc) is 2.26. The van der Waals surface area contributed by atoms with Crippen molar-refractivity contribution < 1.29 is 4.79 Å². The topological polar surface area (TPSA) is 68.0 Å². The van der Waals surface area contributed by atoms with Crippen LogP contribution in [0.1, 0.15) is 23.0 Å². The lowest BCUT2D eigenvalue weighted by Crippen LogP contribution is -2.31. The van der Waals surface area contributed by atoms with E-state index in [1.807, 2.05) is 19.9 Å². The van der Waals surface area contributed by atoms with Gasteiger partial charge < -0.3 is 11.1 Å². The van der Waals surface area contributed by atoms with Gasteiger partial charge in [-0.15, -0.1) is 24.8 Å². The molecule has 0 aliphatic heterocycles. The van der Waals surface area contributed by atoms with E-state index in [0.29, 0.717) is 24.6 Å². The van der Waals surface area contributed by atoms with Gasteiger partial charge in [0.15, 0.2) is 0 Å². The molecule has 1 aromatic rings. The number of nitrogens with zero attached hydrogens (tertiary/aromatic N) is 1. The quantitative estimate of drug-likeness (QED) is 0.879. The Labute approximate surface area is 114 Å². The SMILES string of the molecule is Cc1ccc(C(=O)NCC(C)CN)cn1.Cl.Cl. The van der Waals surface area contributed by atoms with Crippen molar-refractivity contribution in [3.8, 4) is 0 Å². The zero-order valence-electron chi connectivity index (χ0n) is 9.97. The first kappa shape index (κ1) is 18.5. The van der Waals surface area contributed by atoms with Crippen LogP contribution in [0.3, 0.4) is 0 Å². The van der Waals surface area contributed by atoms with Crippen LogP contribution in [0.25, 0.3) is 0 Å². The smallest absolute Gasteiger partial charge is 0.252 e. The fourth-order valence-corrected chi connectivity index (χ4v) is 1.05. The molecule has 0 fully saturated rings. The summed E-state index contributed by atoms with van der Waals surface area (Å²) in [6, 6.07) is 3.59. The lowest BCUT2D eigenvalue weighted by Gasteiger charge is -2.09. The molecule has 4 nitrogen and oxygen atoms in total. The van der Waals surface area contributed by atoms with Crippen LogP contribution in [0.4, 0.5) is 0 Å². The van der Waals surface area contributed by atoms with Crippen LogP contribution in [0.2, 0.25) is 0 Å². The fourth-order valence-electron chi connectivity index (χ4n) is 1.05. The second-order valence-electron chi connectivity index (χ2n) is 3.74. The Kier molecular flexibility index (Phi) is 10.0. The molecule has 0 saturated heterocycles. The number of carbonyl (C=O) groups excluding carboxylic acids is 1. The number of aryl methyl sites for hydroxylation is 1. The molecule has 98 valence electrons. The number of nitrogens with one attached hydrogen (secondary N) is 1. The monoisotopic (exact) mass is 279 g/mol. The highest BCUT2D eigenvalue weighted by Crippen LogP contribution is 1.99. The number of hydrogen-bond acceptors (Lipinski definition) is 3. The molecule has 0 spiro atoms. The molecule has 1 rings (SSSR count). The molecular weight excluding hydrogens is 261 g/mol. The van der Waals surface area contributed by atoms with Crippen LogP contribution in [0, 0.1) is 12.8 Å². The third-order valence-corrected chi connectivity index (χ3v) is 2.19. The highest BCUT2D eigenvalue weighted by molar-refractivity contribution is 5.93. The summed E-state index contributed by atoms with van der Waals surface area (Å²) in [5.41, 5.74) is 6.95. The minimum absolute atomic E-state index is 0. The van der Waals surface area contributed by atoms with Crippen molar-refractivity contribution in [2.75, 3.05) is 13.1 Å². The normalized spacial score (nSPS) is 10.8. The van der Waals surface area contributed by atoms with Crippen molar-refractivity contribution in [1.29, 1.82) is 0 Å². The maximum atomic E-state index is 11.6. The Hall–Kier alpha value is -0.840. The molecule has 17 heavy (non-hydrogen) atoms. The minimum atomic E-state index is -0.0946. The van der Waals surface area contributed by atoms with E-state index in [4.69, 9.17) is 5.73 Å². The van der Waals surface area contributed by atoms with Gasteiger partial charge in [-0.1, -0.05) is 6.92 Å². The summed E-state index contributed by atoms with van der Waals surface area (Å²) < 4.78 is 0. The van der Waals surface area contributed by atoms with E-state index in [0.717, 1.165) is 5.69 Å². The zero-order chi connectivity index (χ0) is 11.3. The highest BCUT2D eigenvalue weighted by Gasteiger charge is 2.06. The van der Waals surface area contributed by atoms with Gasteiger partial charge in [0, 0.05) is 18.4 Å². The number of hydrogen-bond donors (Lipinski definition) is 2. The summed E-state index contributed by atoms with van der Waals surface area (Å²) in [5.74, 6) is 0.204. The Balaban J connectivity index is 0. The minimum Gasteiger partial charge on any atom is -0.352 e. The summed E-state index contributed by atoms with van der Waals surface area (Å²) >= 11 is 0. The van der Waals surface area contributed by atoms with Crippen molar-refractivity contribution in [2.45, 2.75) is 13.8 Å². The molecule has 3 N–H and O–H groups in total. The number of carbonyl (C=O) groups is 1. The second kappa shape index (κ2) is 9.22. The Bertz CT molecular complexity index is 330. The molecule has 6 heteroatoms. The molecule has 1 amide bonds. The van der Waals surface area contributed by atoms with Gasteiger partial charge in [0.1, 0.15) is 0 Å². The number of aromatic nitrogens is 1. The van der Waals surface area contributed by atoms with Gasteiger partial charge in [-0.25, -0.2) is 0 Å². The molecule has 1 unspecified atom stereocenters. The molecule has 1 aromatic heterocycles. The first-order valence-corrected chi connectivity index (χ1v) is 5.04. The Morgan fingerprint density at radius 1 is 1.47 bits per heavy atom. The highest BCUT2D eigenvalue weighted by atomic mass is 35.5. The zero-order valence-corrected chi connectivity index (χ0v) is 11.6. The summed E-state index contributed by atoms with van der Waals surface area (Å²) in [5, 5.41) is 2.81. The number of pyridine rings is 1. The number of amides is 1. The number of halogens is 2. The van der Waals surface area contributed by atoms with Crippen molar-refractivity contribution in [2.24, 2.45) is 11.7 Å². The van der Waals surface area contributed by atoms with Gasteiger partial charge in [-0.2, -0.15) is 0 Å².